The molecule has 0 spiro atoms. The maximum absolute atomic E-state index is 14.5. The van der Waals surface area contributed by atoms with Gasteiger partial charge in [-0.1, -0.05) is 30.3 Å². The van der Waals surface area contributed by atoms with Crippen LogP contribution in [-0.2, 0) is 19.5 Å². The minimum Gasteiger partial charge on any atom is -0.494 e. The molecule has 2 aromatic heterocycles. The van der Waals surface area contributed by atoms with Crippen LogP contribution >= 0.6 is 22.6 Å². The van der Waals surface area contributed by atoms with E-state index in [1.165, 1.54) is 38.6 Å². The van der Waals surface area contributed by atoms with Crippen LogP contribution in [0.3, 0.4) is 0 Å². The van der Waals surface area contributed by atoms with Crippen molar-refractivity contribution in [3.63, 3.8) is 0 Å². The quantitative estimate of drug-likeness (QED) is 0.240. The highest BCUT2D eigenvalue weighted by Crippen LogP contribution is 2.25. The lowest BCUT2D eigenvalue weighted by Gasteiger charge is -2.11. The molecule has 0 unspecified atom stereocenters. The number of benzene rings is 3. The number of hydrogen-bond donors (Lipinski definition) is 0. The SMILES string of the molecule is COc1ccc(Cn2nnnc2Cc2ccc3c(C)nn(Cc4c(C)cccc4I)c3c2)c(F)c1F. The van der Waals surface area contributed by atoms with Crippen molar-refractivity contribution in [1.82, 2.24) is 30.0 Å². The van der Waals surface area contributed by atoms with Crippen LogP contribution in [0.2, 0.25) is 0 Å². The Kier molecular flexibility index (Phi) is 6.69. The molecule has 10 heteroatoms. The normalized spacial score (nSPS) is 11.4. The number of fused-ring (bicyclic) bond motifs is 1. The zero-order valence-corrected chi connectivity index (χ0v) is 22.1. The summed E-state index contributed by atoms with van der Waals surface area (Å²) in [6, 6.07) is 15.3. The Balaban J connectivity index is 1.44. The average Bonchev–Trinajstić information content (AvgIpc) is 3.42. The maximum Gasteiger partial charge on any atom is 0.200 e. The number of tetrazole rings is 1. The zero-order chi connectivity index (χ0) is 25.4. The van der Waals surface area contributed by atoms with Crippen molar-refractivity contribution in [2.75, 3.05) is 7.11 Å². The molecule has 7 nitrogen and oxygen atoms in total. The van der Waals surface area contributed by atoms with Crippen LogP contribution in [0.4, 0.5) is 8.78 Å². The van der Waals surface area contributed by atoms with Crippen LogP contribution in [0, 0.1) is 29.1 Å². The molecule has 2 heterocycles. The van der Waals surface area contributed by atoms with E-state index in [-0.39, 0.29) is 17.9 Å². The summed E-state index contributed by atoms with van der Waals surface area (Å²) in [5.41, 5.74) is 5.57. The molecule has 0 aliphatic heterocycles. The standard InChI is InChI=1S/C26H23F2IN6O/c1-15-5-4-6-21(29)20(15)14-34-22-11-17(7-9-19(22)16(2)31-34)12-24-30-32-33-35(24)13-18-8-10-23(36-3)26(28)25(18)27/h4-11H,12-14H2,1-3H3. The molecule has 0 bridgehead atoms. The number of rotatable bonds is 7. The van der Waals surface area contributed by atoms with Gasteiger partial charge in [0.1, 0.15) is 0 Å². The molecule has 3 aromatic carbocycles. The third-order valence-electron chi connectivity index (χ3n) is 6.30. The van der Waals surface area contributed by atoms with E-state index in [9.17, 15) is 8.78 Å². The first-order valence-electron chi connectivity index (χ1n) is 11.3. The Morgan fingerprint density at radius 2 is 1.81 bits per heavy atom. The van der Waals surface area contributed by atoms with Gasteiger partial charge in [-0.05, 0) is 81.8 Å². The molecule has 5 rings (SSSR count). The molecule has 184 valence electrons. The molecule has 0 atom stereocenters. The van der Waals surface area contributed by atoms with Crippen LogP contribution in [-0.4, -0.2) is 37.1 Å². The van der Waals surface area contributed by atoms with Crippen LogP contribution in [0.1, 0.15) is 33.8 Å². The van der Waals surface area contributed by atoms with Gasteiger partial charge in [0.2, 0.25) is 5.82 Å². The largest absolute Gasteiger partial charge is 0.494 e. The van der Waals surface area contributed by atoms with E-state index in [2.05, 4.69) is 75.4 Å². The Morgan fingerprint density at radius 3 is 2.58 bits per heavy atom. The van der Waals surface area contributed by atoms with Gasteiger partial charge >= 0.3 is 0 Å². The number of nitrogens with zero attached hydrogens (tertiary/aromatic N) is 6. The number of hydrogen-bond acceptors (Lipinski definition) is 5. The number of aryl methyl sites for hydroxylation is 2. The first-order chi connectivity index (χ1) is 17.4. The third kappa shape index (κ3) is 4.57. The fourth-order valence-electron chi connectivity index (χ4n) is 4.30. The first-order valence-corrected chi connectivity index (χ1v) is 12.4. The summed E-state index contributed by atoms with van der Waals surface area (Å²) in [4.78, 5) is 0. The van der Waals surface area contributed by atoms with Crippen LogP contribution < -0.4 is 4.74 Å². The molecule has 0 saturated heterocycles. The summed E-state index contributed by atoms with van der Waals surface area (Å²) in [5, 5.41) is 17.8. The van der Waals surface area contributed by atoms with E-state index in [1.54, 1.807) is 0 Å². The fourth-order valence-corrected chi connectivity index (χ4v) is 5.10. The Morgan fingerprint density at radius 1 is 0.972 bits per heavy atom. The van der Waals surface area contributed by atoms with Crippen molar-refractivity contribution in [3.8, 4) is 5.75 Å². The van der Waals surface area contributed by atoms with Gasteiger partial charge in [0.15, 0.2) is 17.4 Å². The smallest absolute Gasteiger partial charge is 0.200 e. The van der Waals surface area contributed by atoms with Crippen LogP contribution in [0.5, 0.6) is 5.75 Å². The number of ether oxygens (including phenoxy) is 1. The van der Waals surface area contributed by atoms with Crippen molar-refractivity contribution in [2.45, 2.75) is 33.4 Å². The van der Waals surface area contributed by atoms with E-state index >= 15 is 0 Å². The van der Waals surface area contributed by atoms with Gasteiger partial charge in [0, 0.05) is 20.9 Å². The highest BCUT2D eigenvalue weighted by Gasteiger charge is 2.17. The first kappa shape index (κ1) is 24.3. The summed E-state index contributed by atoms with van der Waals surface area (Å²) in [5.74, 6) is -1.60. The number of methoxy groups -OCH3 is 1. The molecule has 0 radical (unpaired) electrons. The van der Waals surface area contributed by atoms with Gasteiger partial charge in [-0.15, -0.1) is 5.10 Å². The van der Waals surface area contributed by atoms with Crippen molar-refractivity contribution in [3.05, 3.63) is 97.5 Å². The second kappa shape index (κ2) is 9.92. The molecule has 0 saturated carbocycles. The van der Waals surface area contributed by atoms with E-state index < -0.39 is 11.6 Å². The van der Waals surface area contributed by atoms with Gasteiger partial charge in [0.25, 0.3) is 0 Å². The molecule has 0 aliphatic carbocycles. The van der Waals surface area contributed by atoms with Crippen molar-refractivity contribution < 1.29 is 13.5 Å². The topological polar surface area (TPSA) is 70.7 Å². The summed E-state index contributed by atoms with van der Waals surface area (Å²) < 4.78 is 38.2. The second-order valence-corrected chi connectivity index (χ2v) is 9.78. The summed E-state index contributed by atoms with van der Waals surface area (Å²) >= 11 is 2.36. The van der Waals surface area contributed by atoms with E-state index in [4.69, 9.17) is 9.84 Å². The van der Waals surface area contributed by atoms with Gasteiger partial charge in [0.05, 0.1) is 31.4 Å². The molecule has 0 fully saturated rings. The second-order valence-electron chi connectivity index (χ2n) is 8.61. The predicted molar refractivity (Wildman–Crippen MR) is 140 cm³/mol. The van der Waals surface area contributed by atoms with Gasteiger partial charge in [-0.25, -0.2) is 9.07 Å². The van der Waals surface area contributed by atoms with E-state index in [0.717, 1.165) is 22.2 Å². The number of aromatic nitrogens is 6. The minimum atomic E-state index is -1.03. The van der Waals surface area contributed by atoms with Gasteiger partial charge in [-0.2, -0.15) is 9.49 Å². The Hall–Kier alpha value is -3.41. The molecule has 0 N–H and O–H groups in total. The summed E-state index contributed by atoms with van der Waals surface area (Å²) in [6.45, 7) is 4.78. The predicted octanol–water partition coefficient (Wildman–Crippen LogP) is 5.22. The number of halogens is 3. The fraction of sp³-hybridized carbons (Fsp3) is 0.231. The average molecular weight is 600 g/mol. The molecule has 36 heavy (non-hydrogen) atoms. The summed E-state index contributed by atoms with van der Waals surface area (Å²) in [6.07, 6.45) is 0.426. The van der Waals surface area contributed by atoms with Crippen LogP contribution in [0.25, 0.3) is 10.9 Å². The molecule has 0 aliphatic rings. The van der Waals surface area contributed by atoms with Crippen molar-refractivity contribution in [2.24, 2.45) is 0 Å². The molecule has 0 amide bonds. The third-order valence-corrected chi connectivity index (χ3v) is 7.31. The maximum atomic E-state index is 14.5. The van der Waals surface area contributed by atoms with Crippen molar-refractivity contribution in [1.29, 1.82) is 0 Å². The van der Waals surface area contributed by atoms with Crippen LogP contribution in [0.15, 0.2) is 48.5 Å². The lowest BCUT2D eigenvalue weighted by molar-refractivity contribution is 0.369. The van der Waals surface area contributed by atoms with Crippen molar-refractivity contribution >= 4 is 33.5 Å². The minimum absolute atomic E-state index is 0.0000861. The lowest BCUT2D eigenvalue weighted by Crippen LogP contribution is -2.10. The van der Waals surface area contributed by atoms with E-state index in [1.807, 2.05) is 17.7 Å². The highest BCUT2D eigenvalue weighted by atomic mass is 127. The highest BCUT2D eigenvalue weighted by molar-refractivity contribution is 14.1. The molecular weight excluding hydrogens is 577 g/mol. The summed E-state index contributed by atoms with van der Waals surface area (Å²) in [7, 11) is 1.29. The monoisotopic (exact) mass is 600 g/mol. The van der Waals surface area contributed by atoms with E-state index in [0.29, 0.717) is 18.8 Å². The Labute approximate surface area is 220 Å². The molecule has 5 aromatic rings. The lowest BCUT2D eigenvalue weighted by atomic mass is 10.1. The van der Waals surface area contributed by atoms with Gasteiger partial charge < -0.3 is 4.74 Å². The zero-order valence-electron chi connectivity index (χ0n) is 20.0. The van der Waals surface area contributed by atoms with Gasteiger partial charge in [-0.3, -0.25) is 4.68 Å². The Bertz CT molecular complexity index is 1560. The molecular formula is C26H23F2IN6O.